The number of aromatic amines is 1. The van der Waals surface area contributed by atoms with Crippen LogP contribution >= 0.6 is 35.2 Å². The molecular formula is C7H5ClN4S2. The van der Waals surface area contributed by atoms with Crippen LogP contribution in [-0.4, -0.2) is 15.0 Å². The molecule has 0 amide bonds. The molecule has 0 saturated heterocycles. The fourth-order valence-electron chi connectivity index (χ4n) is 0.971. The third-order valence-corrected chi connectivity index (χ3v) is 3.03. The summed E-state index contributed by atoms with van der Waals surface area (Å²) in [7, 11) is 0. The maximum absolute atomic E-state index is 5.93. The number of nitrogens with two attached hydrogens (primary N) is 1. The van der Waals surface area contributed by atoms with E-state index in [1.54, 1.807) is 6.07 Å². The van der Waals surface area contributed by atoms with E-state index < -0.39 is 0 Å². The molecule has 0 aromatic carbocycles. The Balaban J connectivity index is 2.63. The van der Waals surface area contributed by atoms with Gasteiger partial charge >= 0.3 is 0 Å². The Morgan fingerprint density at radius 1 is 1.50 bits per heavy atom. The number of aromatic nitrogens is 3. The molecule has 0 unspecified atom stereocenters. The van der Waals surface area contributed by atoms with E-state index in [4.69, 9.17) is 29.6 Å². The van der Waals surface area contributed by atoms with Gasteiger partial charge in [-0.15, -0.1) is 11.3 Å². The molecule has 0 saturated carbocycles. The Morgan fingerprint density at radius 3 is 2.86 bits per heavy atom. The summed E-state index contributed by atoms with van der Waals surface area (Å²) in [5.41, 5.74) is 5.50. The SMILES string of the molecule is Nc1nc(=S)nc(-c2sccc2Cl)[nH]1. The van der Waals surface area contributed by atoms with Crippen molar-refractivity contribution in [2.45, 2.75) is 0 Å². The molecular weight excluding hydrogens is 240 g/mol. The van der Waals surface area contributed by atoms with Crippen LogP contribution in [0.4, 0.5) is 5.95 Å². The monoisotopic (exact) mass is 244 g/mol. The quantitative estimate of drug-likeness (QED) is 0.757. The van der Waals surface area contributed by atoms with Gasteiger partial charge in [0, 0.05) is 0 Å². The van der Waals surface area contributed by atoms with Crippen LogP contribution in [0.1, 0.15) is 0 Å². The molecule has 2 heterocycles. The normalized spacial score (nSPS) is 10.4. The van der Waals surface area contributed by atoms with Crippen LogP contribution in [0.15, 0.2) is 11.4 Å². The molecule has 2 rings (SSSR count). The Kier molecular flexibility index (Phi) is 2.49. The molecule has 0 atom stereocenters. The van der Waals surface area contributed by atoms with Crippen LogP contribution in [0.2, 0.25) is 5.02 Å². The molecule has 0 aliphatic rings. The lowest BCUT2D eigenvalue weighted by Gasteiger charge is -1.99. The van der Waals surface area contributed by atoms with Crippen LogP contribution in [0.5, 0.6) is 0 Å². The topological polar surface area (TPSA) is 67.6 Å². The minimum absolute atomic E-state index is 0.209. The summed E-state index contributed by atoms with van der Waals surface area (Å²) >= 11 is 12.2. The second-order valence-corrected chi connectivity index (χ2v) is 4.15. The molecule has 0 spiro atoms. The number of thiophene rings is 1. The predicted octanol–water partition coefficient (Wildman–Crippen LogP) is 2.50. The van der Waals surface area contributed by atoms with E-state index in [1.165, 1.54) is 11.3 Å². The molecule has 0 aliphatic carbocycles. The minimum Gasteiger partial charge on any atom is -0.369 e. The molecule has 14 heavy (non-hydrogen) atoms. The van der Waals surface area contributed by atoms with Crippen molar-refractivity contribution in [2.24, 2.45) is 0 Å². The number of H-pyrrole nitrogens is 1. The van der Waals surface area contributed by atoms with Gasteiger partial charge in [-0.3, -0.25) is 0 Å². The van der Waals surface area contributed by atoms with Gasteiger partial charge in [0.25, 0.3) is 0 Å². The van der Waals surface area contributed by atoms with E-state index in [9.17, 15) is 0 Å². The highest BCUT2D eigenvalue weighted by molar-refractivity contribution is 7.71. The average molecular weight is 245 g/mol. The van der Waals surface area contributed by atoms with Crippen molar-refractivity contribution in [3.8, 4) is 10.7 Å². The van der Waals surface area contributed by atoms with Gasteiger partial charge in [-0.1, -0.05) is 11.6 Å². The summed E-state index contributed by atoms with van der Waals surface area (Å²) in [6, 6.07) is 1.79. The van der Waals surface area contributed by atoms with E-state index in [0.717, 1.165) is 4.88 Å². The number of nitrogens with zero attached hydrogens (tertiary/aromatic N) is 2. The zero-order valence-electron chi connectivity index (χ0n) is 6.82. The molecule has 0 radical (unpaired) electrons. The lowest BCUT2D eigenvalue weighted by atomic mass is 10.4. The molecule has 0 fully saturated rings. The summed E-state index contributed by atoms with van der Waals surface area (Å²) in [5, 5.41) is 2.49. The third kappa shape index (κ3) is 1.77. The van der Waals surface area contributed by atoms with E-state index in [-0.39, 0.29) is 10.7 Å². The van der Waals surface area contributed by atoms with Gasteiger partial charge in [0.05, 0.1) is 9.90 Å². The molecule has 0 aliphatic heterocycles. The van der Waals surface area contributed by atoms with Gasteiger partial charge < -0.3 is 10.7 Å². The molecule has 2 aromatic heterocycles. The van der Waals surface area contributed by atoms with Crippen LogP contribution < -0.4 is 5.73 Å². The first-order valence-electron chi connectivity index (χ1n) is 3.64. The highest BCUT2D eigenvalue weighted by Crippen LogP contribution is 2.30. The van der Waals surface area contributed by atoms with Crippen molar-refractivity contribution in [2.75, 3.05) is 5.73 Å². The standard InChI is InChI=1S/C7H5ClN4S2/c8-3-1-2-14-4(3)5-10-6(9)12-7(13)11-5/h1-2H,(H3,9,10,11,12,13). The van der Waals surface area contributed by atoms with Crippen molar-refractivity contribution in [1.29, 1.82) is 0 Å². The van der Waals surface area contributed by atoms with Crippen molar-refractivity contribution >= 4 is 41.1 Å². The summed E-state index contributed by atoms with van der Waals surface area (Å²) < 4.78 is 0.209. The predicted molar refractivity (Wildman–Crippen MR) is 60.0 cm³/mol. The zero-order chi connectivity index (χ0) is 10.1. The van der Waals surface area contributed by atoms with Crippen LogP contribution in [-0.2, 0) is 0 Å². The first-order chi connectivity index (χ1) is 6.66. The van der Waals surface area contributed by atoms with Crippen molar-refractivity contribution in [3.05, 3.63) is 21.2 Å². The molecule has 2 aromatic rings. The number of halogens is 1. The van der Waals surface area contributed by atoms with E-state index >= 15 is 0 Å². The van der Waals surface area contributed by atoms with Gasteiger partial charge in [-0.2, -0.15) is 9.97 Å². The molecule has 72 valence electrons. The largest absolute Gasteiger partial charge is 0.369 e. The molecule has 4 nitrogen and oxygen atoms in total. The smallest absolute Gasteiger partial charge is 0.224 e. The summed E-state index contributed by atoms with van der Waals surface area (Å²) in [6.45, 7) is 0. The number of rotatable bonds is 1. The van der Waals surface area contributed by atoms with Crippen molar-refractivity contribution in [3.63, 3.8) is 0 Å². The number of hydrogen-bond donors (Lipinski definition) is 2. The highest BCUT2D eigenvalue weighted by atomic mass is 35.5. The number of nitrogen functional groups attached to an aromatic ring is 1. The average Bonchev–Trinajstić information content (AvgIpc) is 2.49. The zero-order valence-corrected chi connectivity index (χ0v) is 9.21. The van der Waals surface area contributed by atoms with Crippen molar-refractivity contribution < 1.29 is 0 Å². The van der Waals surface area contributed by atoms with Gasteiger partial charge in [0.2, 0.25) is 10.7 Å². The highest BCUT2D eigenvalue weighted by Gasteiger charge is 2.07. The maximum atomic E-state index is 5.93. The fourth-order valence-corrected chi connectivity index (χ4v) is 2.25. The summed E-state index contributed by atoms with van der Waals surface area (Å²) in [4.78, 5) is 11.4. The number of nitrogens with one attached hydrogen (secondary N) is 1. The summed E-state index contributed by atoms with van der Waals surface area (Å²) in [5.74, 6) is 0.798. The molecule has 3 N–H and O–H groups in total. The van der Waals surface area contributed by atoms with Crippen LogP contribution in [0.3, 0.4) is 0 Å². The Hall–Kier alpha value is -0.980. The number of anilines is 1. The van der Waals surface area contributed by atoms with Gasteiger partial charge in [-0.25, -0.2) is 0 Å². The molecule has 0 bridgehead atoms. The van der Waals surface area contributed by atoms with E-state index in [1.807, 2.05) is 5.38 Å². The van der Waals surface area contributed by atoms with Crippen molar-refractivity contribution in [1.82, 2.24) is 15.0 Å². The van der Waals surface area contributed by atoms with E-state index in [2.05, 4.69) is 15.0 Å². The third-order valence-electron chi connectivity index (χ3n) is 1.50. The lowest BCUT2D eigenvalue weighted by Crippen LogP contribution is -1.98. The Bertz CT molecular complexity index is 518. The first kappa shape index (κ1) is 9.57. The minimum atomic E-state index is 0.209. The second-order valence-electron chi connectivity index (χ2n) is 2.46. The lowest BCUT2D eigenvalue weighted by molar-refractivity contribution is 1.05. The van der Waals surface area contributed by atoms with E-state index in [0.29, 0.717) is 10.8 Å². The maximum Gasteiger partial charge on any atom is 0.224 e. The van der Waals surface area contributed by atoms with Crippen LogP contribution in [0, 0.1) is 4.77 Å². The van der Waals surface area contributed by atoms with Gasteiger partial charge in [0.15, 0.2) is 5.82 Å². The van der Waals surface area contributed by atoms with Crippen LogP contribution in [0.25, 0.3) is 10.7 Å². The number of hydrogen-bond acceptors (Lipinski definition) is 5. The Labute approximate surface area is 93.8 Å². The van der Waals surface area contributed by atoms with Gasteiger partial charge in [-0.05, 0) is 23.7 Å². The summed E-state index contributed by atoms with van der Waals surface area (Å²) in [6.07, 6.45) is 0. The Morgan fingerprint density at radius 2 is 2.29 bits per heavy atom. The fraction of sp³-hybridized carbons (Fsp3) is 0. The first-order valence-corrected chi connectivity index (χ1v) is 5.30. The van der Waals surface area contributed by atoms with Gasteiger partial charge in [0.1, 0.15) is 0 Å². The second kappa shape index (κ2) is 3.64. The molecule has 7 heteroatoms.